The van der Waals surface area contributed by atoms with Gasteiger partial charge in [0.05, 0.1) is 0 Å². The molecule has 2 aromatic carbocycles. The van der Waals surface area contributed by atoms with E-state index in [4.69, 9.17) is 0 Å². The molecule has 0 saturated carbocycles. The molecule has 2 rings (SSSR count). The molecule has 0 aliphatic heterocycles. The molecule has 1 atom stereocenters. The highest BCUT2D eigenvalue weighted by Gasteiger charge is 2.02. The monoisotopic (exact) mass is 253 g/mol. The van der Waals surface area contributed by atoms with Gasteiger partial charge in [0.15, 0.2) is 0 Å². The molecular weight excluding hydrogens is 230 g/mol. The number of aryl methyl sites for hydroxylation is 1. The van der Waals surface area contributed by atoms with Gasteiger partial charge >= 0.3 is 0 Å². The van der Waals surface area contributed by atoms with Crippen LogP contribution in [0.3, 0.4) is 0 Å². The summed E-state index contributed by atoms with van der Waals surface area (Å²) in [6, 6.07) is 17.5. The van der Waals surface area contributed by atoms with Crippen LogP contribution >= 0.6 is 0 Å². The van der Waals surface area contributed by atoms with Crippen LogP contribution in [0, 0.1) is 6.92 Å². The first kappa shape index (κ1) is 13.7. The van der Waals surface area contributed by atoms with Crippen LogP contribution in [0.15, 0.2) is 48.5 Å². The van der Waals surface area contributed by atoms with E-state index in [-0.39, 0.29) is 0 Å². The Morgan fingerprint density at radius 3 is 2.16 bits per heavy atom. The summed E-state index contributed by atoms with van der Waals surface area (Å²) in [5, 5.41) is 3.46. The normalized spacial score (nSPS) is 12.2. The van der Waals surface area contributed by atoms with Gasteiger partial charge in [-0.3, -0.25) is 0 Å². The quantitative estimate of drug-likeness (QED) is 0.779. The van der Waals surface area contributed by atoms with Gasteiger partial charge in [-0.05, 0) is 42.5 Å². The highest BCUT2D eigenvalue weighted by molar-refractivity contribution is 5.45. The summed E-state index contributed by atoms with van der Waals surface area (Å²) >= 11 is 0. The van der Waals surface area contributed by atoms with Gasteiger partial charge in [-0.15, -0.1) is 0 Å². The topological polar surface area (TPSA) is 12.0 Å². The molecule has 0 saturated heterocycles. The summed E-state index contributed by atoms with van der Waals surface area (Å²) in [6.45, 7) is 7.50. The number of hydrogen-bond acceptors (Lipinski definition) is 1. The fourth-order valence-corrected chi connectivity index (χ4v) is 2.08. The van der Waals surface area contributed by atoms with Crippen molar-refractivity contribution in [2.75, 3.05) is 5.32 Å². The van der Waals surface area contributed by atoms with Crippen LogP contribution in [0.1, 0.15) is 42.9 Å². The molecule has 0 amide bonds. The molecule has 0 aliphatic carbocycles. The summed E-state index contributed by atoms with van der Waals surface area (Å²) in [4.78, 5) is 0. The lowest BCUT2D eigenvalue weighted by Crippen LogP contribution is -1.99. The van der Waals surface area contributed by atoms with Crippen molar-refractivity contribution in [3.05, 3.63) is 65.2 Å². The first-order valence-electron chi connectivity index (χ1n) is 7.08. The summed E-state index contributed by atoms with van der Waals surface area (Å²) in [5.41, 5.74) is 5.23. The number of anilines is 1. The number of nitrogens with one attached hydrogen (secondary N) is 1. The van der Waals surface area contributed by atoms with Crippen LogP contribution < -0.4 is 5.32 Å². The summed E-state index contributed by atoms with van der Waals surface area (Å²) in [6.07, 6.45) is 1.19. The van der Waals surface area contributed by atoms with E-state index in [0.717, 1.165) is 6.54 Å². The van der Waals surface area contributed by atoms with Crippen molar-refractivity contribution < 1.29 is 0 Å². The smallest absolute Gasteiger partial charge is 0.0400 e. The molecule has 100 valence electrons. The van der Waals surface area contributed by atoms with E-state index in [2.05, 4.69) is 74.6 Å². The summed E-state index contributed by atoms with van der Waals surface area (Å²) in [5.74, 6) is 0.645. The van der Waals surface area contributed by atoms with Gasteiger partial charge in [0, 0.05) is 12.2 Å². The van der Waals surface area contributed by atoms with Crippen molar-refractivity contribution in [1.82, 2.24) is 0 Å². The second kappa shape index (κ2) is 6.42. The third-order valence-electron chi connectivity index (χ3n) is 3.71. The Labute approximate surface area is 116 Å². The zero-order valence-electron chi connectivity index (χ0n) is 12.1. The van der Waals surface area contributed by atoms with E-state index in [1.807, 2.05) is 0 Å². The largest absolute Gasteiger partial charge is 0.381 e. The highest BCUT2D eigenvalue weighted by Crippen LogP contribution is 2.20. The molecule has 1 unspecified atom stereocenters. The predicted octanol–water partition coefficient (Wildman–Crippen LogP) is 5.12. The van der Waals surface area contributed by atoms with Gasteiger partial charge in [-0.1, -0.05) is 55.8 Å². The maximum atomic E-state index is 3.46. The molecule has 0 heterocycles. The molecule has 19 heavy (non-hydrogen) atoms. The average molecular weight is 253 g/mol. The lowest BCUT2D eigenvalue weighted by Gasteiger charge is -2.11. The minimum absolute atomic E-state index is 0.645. The minimum atomic E-state index is 0.645. The van der Waals surface area contributed by atoms with Crippen LogP contribution in [0.5, 0.6) is 0 Å². The van der Waals surface area contributed by atoms with Crippen LogP contribution in [-0.2, 0) is 6.54 Å². The fourth-order valence-electron chi connectivity index (χ4n) is 2.08. The van der Waals surface area contributed by atoms with Gasteiger partial charge in [-0.2, -0.15) is 0 Å². The predicted molar refractivity (Wildman–Crippen MR) is 83.7 cm³/mol. The van der Waals surface area contributed by atoms with E-state index >= 15 is 0 Å². The molecule has 0 fully saturated rings. The molecule has 1 N–H and O–H groups in total. The first-order valence-corrected chi connectivity index (χ1v) is 7.08. The van der Waals surface area contributed by atoms with E-state index in [1.54, 1.807) is 0 Å². The molecule has 0 aromatic heterocycles. The maximum Gasteiger partial charge on any atom is 0.0400 e. The second-order valence-corrected chi connectivity index (χ2v) is 5.27. The van der Waals surface area contributed by atoms with Gasteiger partial charge in [-0.25, -0.2) is 0 Å². The van der Waals surface area contributed by atoms with Crippen molar-refractivity contribution in [1.29, 1.82) is 0 Å². The van der Waals surface area contributed by atoms with Crippen LogP contribution in [-0.4, -0.2) is 0 Å². The number of rotatable bonds is 5. The van der Waals surface area contributed by atoms with E-state index in [1.165, 1.54) is 28.8 Å². The standard InChI is InChI=1S/C18H23N/c1-4-15(3)17-9-11-18(12-10-17)19-13-16-7-5-14(2)6-8-16/h5-12,15,19H,4,13H2,1-3H3. The summed E-state index contributed by atoms with van der Waals surface area (Å²) < 4.78 is 0. The van der Waals surface area contributed by atoms with Gasteiger partial charge in [0.25, 0.3) is 0 Å². The maximum absolute atomic E-state index is 3.46. The zero-order valence-corrected chi connectivity index (χ0v) is 12.1. The zero-order chi connectivity index (χ0) is 13.7. The third kappa shape index (κ3) is 3.85. The number of benzene rings is 2. The van der Waals surface area contributed by atoms with Gasteiger partial charge in [0.2, 0.25) is 0 Å². The summed E-state index contributed by atoms with van der Waals surface area (Å²) in [7, 11) is 0. The number of hydrogen-bond donors (Lipinski definition) is 1. The Morgan fingerprint density at radius 1 is 0.947 bits per heavy atom. The van der Waals surface area contributed by atoms with Crippen molar-refractivity contribution in [2.45, 2.75) is 39.7 Å². The van der Waals surface area contributed by atoms with Crippen LogP contribution in [0.2, 0.25) is 0 Å². The Hall–Kier alpha value is -1.76. The molecule has 2 aromatic rings. The van der Waals surface area contributed by atoms with Gasteiger partial charge < -0.3 is 5.32 Å². The fraction of sp³-hybridized carbons (Fsp3) is 0.333. The Morgan fingerprint density at radius 2 is 1.58 bits per heavy atom. The first-order chi connectivity index (χ1) is 9.19. The minimum Gasteiger partial charge on any atom is -0.381 e. The molecule has 1 nitrogen and oxygen atoms in total. The van der Waals surface area contributed by atoms with Crippen molar-refractivity contribution in [2.24, 2.45) is 0 Å². The molecule has 0 bridgehead atoms. The Kier molecular flexibility index (Phi) is 4.62. The average Bonchev–Trinajstić information content (AvgIpc) is 2.46. The SMILES string of the molecule is CCC(C)c1ccc(NCc2ccc(C)cc2)cc1. The van der Waals surface area contributed by atoms with Gasteiger partial charge in [0.1, 0.15) is 0 Å². The third-order valence-corrected chi connectivity index (χ3v) is 3.71. The Bertz CT molecular complexity index is 496. The second-order valence-electron chi connectivity index (χ2n) is 5.27. The van der Waals surface area contributed by atoms with Crippen molar-refractivity contribution in [3.63, 3.8) is 0 Å². The molecule has 1 heteroatoms. The lowest BCUT2D eigenvalue weighted by atomic mass is 9.98. The van der Waals surface area contributed by atoms with E-state index < -0.39 is 0 Å². The lowest BCUT2D eigenvalue weighted by molar-refractivity contribution is 0.734. The van der Waals surface area contributed by atoms with E-state index in [0.29, 0.717) is 5.92 Å². The molecular formula is C18H23N. The highest BCUT2D eigenvalue weighted by atomic mass is 14.9. The molecule has 0 radical (unpaired) electrons. The van der Waals surface area contributed by atoms with Crippen molar-refractivity contribution in [3.8, 4) is 0 Å². The van der Waals surface area contributed by atoms with Crippen molar-refractivity contribution >= 4 is 5.69 Å². The molecule has 0 spiro atoms. The van der Waals surface area contributed by atoms with Crippen LogP contribution in [0.25, 0.3) is 0 Å². The van der Waals surface area contributed by atoms with Crippen LogP contribution in [0.4, 0.5) is 5.69 Å². The van der Waals surface area contributed by atoms with E-state index in [9.17, 15) is 0 Å². The molecule has 0 aliphatic rings. The Balaban J connectivity index is 1.94.